The second-order valence-electron chi connectivity index (χ2n) is 6.97. The van der Waals surface area contributed by atoms with E-state index in [1.807, 2.05) is 4.90 Å². The van der Waals surface area contributed by atoms with Crippen molar-refractivity contribution in [2.45, 2.75) is 32.6 Å². The maximum atomic E-state index is 12.2. The number of carbonyl (C=O) groups excluding carboxylic acids is 3. The van der Waals surface area contributed by atoms with Gasteiger partial charge in [-0.3, -0.25) is 14.4 Å². The molecule has 6 heteroatoms. The molecule has 2 fully saturated rings. The van der Waals surface area contributed by atoms with Gasteiger partial charge in [-0.25, -0.2) is 0 Å². The van der Waals surface area contributed by atoms with Gasteiger partial charge in [0.05, 0.1) is 6.54 Å². The number of nitrogens with zero attached hydrogens (tertiary/aromatic N) is 2. The minimum atomic E-state index is -0.266. The van der Waals surface area contributed by atoms with Gasteiger partial charge >= 0.3 is 0 Å². The minimum absolute atomic E-state index is 0.0257. The maximum Gasteiger partial charge on any atom is 0.251 e. The number of hydrogen-bond acceptors (Lipinski definition) is 3. The first-order chi connectivity index (χ1) is 12.0. The van der Waals surface area contributed by atoms with Gasteiger partial charge in [-0.15, -0.1) is 0 Å². The van der Waals surface area contributed by atoms with Crippen LogP contribution in [0.2, 0.25) is 0 Å². The molecule has 1 aromatic carbocycles. The Morgan fingerprint density at radius 1 is 1.16 bits per heavy atom. The largest absolute Gasteiger partial charge is 0.343 e. The molecule has 1 unspecified atom stereocenters. The Hall–Kier alpha value is -2.37. The summed E-state index contributed by atoms with van der Waals surface area (Å²) >= 11 is 0. The van der Waals surface area contributed by atoms with Gasteiger partial charge in [-0.1, -0.05) is 6.92 Å². The quantitative estimate of drug-likeness (QED) is 0.906. The van der Waals surface area contributed by atoms with Gasteiger partial charge < -0.3 is 15.1 Å². The molecule has 0 saturated carbocycles. The molecule has 0 bridgehead atoms. The zero-order valence-corrected chi connectivity index (χ0v) is 14.7. The van der Waals surface area contributed by atoms with Gasteiger partial charge in [0.2, 0.25) is 11.8 Å². The highest BCUT2D eigenvalue weighted by Crippen LogP contribution is 2.21. The predicted molar refractivity (Wildman–Crippen MR) is 95.3 cm³/mol. The predicted octanol–water partition coefficient (Wildman–Crippen LogP) is 1.80. The average Bonchev–Trinajstić information content (AvgIpc) is 3.05. The molecule has 0 radical (unpaired) electrons. The molecule has 1 N–H and O–H groups in total. The summed E-state index contributed by atoms with van der Waals surface area (Å²) in [6.45, 7) is 4.45. The van der Waals surface area contributed by atoms with Crippen molar-refractivity contribution in [3.05, 3.63) is 29.8 Å². The summed E-state index contributed by atoms with van der Waals surface area (Å²) in [5, 5.41) is 2.70. The Morgan fingerprint density at radius 2 is 1.92 bits per heavy atom. The molecule has 3 rings (SSSR count). The van der Waals surface area contributed by atoms with Crippen LogP contribution in [-0.4, -0.2) is 48.8 Å². The molecule has 25 heavy (non-hydrogen) atoms. The van der Waals surface area contributed by atoms with E-state index < -0.39 is 0 Å². The van der Waals surface area contributed by atoms with Crippen molar-refractivity contribution in [2.24, 2.45) is 5.92 Å². The first kappa shape index (κ1) is 17.5. The van der Waals surface area contributed by atoms with Crippen molar-refractivity contribution < 1.29 is 14.4 Å². The maximum absolute atomic E-state index is 12.2. The number of amides is 3. The molecule has 0 spiro atoms. The average molecular weight is 343 g/mol. The van der Waals surface area contributed by atoms with Crippen molar-refractivity contribution in [2.75, 3.05) is 31.1 Å². The Morgan fingerprint density at radius 3 is 2.56 bits per heavy atom. The molecule has 6 nitrogen and oxygen atoms in total. The fourth-order valence-electron chi connectivity index (χ4n) is 3.50. The zero-order chi connectivity index (χ0) is 17.8. The molecule has 2 saturated heterocycles. The lowest BCUT2D eigenvalue weighted by atomic mass is 10.0. The van der Waals surface area contributed by atoms with Crippen LogP contribution in [-0.2, 0) is 9.59 Å². The molecule has 0 aromatic heterocycles. The Bertz CT molecular complexity index is 656. The van der Waals surface area contributed by atoms with E-state index in [0.717, 1.165) is 44.6 Å². The fourth-order valence-corrected chi connectivity index (χ4v) is 3.50. The van der Waals surface area contributed by atoms with E-state index >= 15 is 0 Å². The standard InChI is InChI=1S/C19H25N3O3/c1-14-4-2-10-21(13-14)18(24)12-20-19(25)15-6-8-16(9-7-15)22-11-3-5-17(22)23/h6-9,14H,2-5,10-13H2,1H3,(H,20,25). The molecule has 0 aliphatic carbocycles. The van der Waals surface area contributed by atoms with Crippen molar-refractivity contribution in [3.8, 4) is 0 Å². The van der Waals surface area contributed by atoms with Crippen LogP contribution in [0, 0.1) is 5.92 Å². The summed E-state index contributed by atoms with van der Waals surface area (Å²) in [5.74, 6) is 0.352. The number of anilines is 1. The molecule has 3 amide bonds. The van der Waals surface area contributed by atoms with Crippen LogP contribution in [0.3, 0.4) is 0 Å². The molecule has 134 valence electrons. The number of hydrogen-bond donors (Lipinski definition) is 1. The van der Waals surface area contributed by atoms with Gasteiger partial charge in [-0.05, 0) is 49.4 Å². The molecule has 2 aliphatic heterocycles. The highest BCUT2D eigenvalue weighted by molar-refractivity contribution is 5.98. The van der Waals surface area contributed by atoms with Crippen molar-refractivity contribution in [3.63, 3.8) is 0 Å². The summed E-state index contributed by atoms with van der Waals surface area (Å²) < 4.78 is 0. The first-order valence-corrected chi connectivity index (χ1v) is 9.01. The van der Waals surface area contributed by atoms with E-state index in [1.165, 1.54) is 0 Å². The molecule has 1 atom stereocenters. The second kappa shape index (κ2) is 7.68. The summed E-state index contributed by atoms with van der Waals surface area (Å²) in [6, 6.07) is 6.96. The lowest BCUT2D eigenvalue weighted by Crippen LogP contribution is -2.44. The van der Waals surface area contributed by atoms with Gasteiger partial charge in [0.15, 0.2) is 0 Å². The second-order valence-corrected chi connectivity index (χ2v) is 6.97. The van der Waals surface area contributed by atoms with E-state index in [2.05, 4.69) is 12.2 Å². The van der Waals surface area contributed by atoms with Crippen LogP contribution >= 0.6 is 0 Å². The highest BCUT2D eigenvalue weighted by atomic mass is 16.2. The highest BCUT2D eigenvalue weighted by Gasteiger charge is 2.23. The summed E-state index contributed by atoms with van der Waals surface area (Å²) in [7, 11) is 0. The van der Waals surface area contributed by atoms with Gasteiger partial charge in [0, 0.05) is 37.3 Å². The SMILES string of the molecule is CC1CCCN(C(=O)CNC(=O)c2ccc(N3CCCC3=O)cc2)C1. The smallest absolute Gasteiger partial charge is 0.251 e. The lowest BCUT2D eigenvalue weighted by Gasteiger charge is -2.31. The van der Waals surface area contributed by atoms with E-state index in [4.69, 9.17) is 0 Å². The van der Waals surface area contributed by atoms with Crippen LogP contribution in [0.15, 0.2) is 24.3 Å². The van der Waals surface area contributed by atoms with E-state index in [9.17, 15) is 14.4 Å². The number of piperidine rings is 1. The molecule has 1 aromatic rings. The minimum Gasteiger partial charge on any atom is -0.343 e. The fraction of sp³-hybridized carbons (Fsp3) is 0.526. The topological polar surface area (TPSA) is 69.7 Å². The van der Waals surface area contributed by atoms with E-state index in [1.54, 1.807) is 29.2 Å². The number of likely N-dealkylation sites (tertiary alicyclic amines) is 1. The zero-order valence-electron chi connectivity index (χ0n) is 14.7. The molecule has 2 aliphatic rings. The summed E-state index contributed by atoms with van der Waals surface area (Å²) in [5.41, 5.74) is 1.31. The Kier molecular flexibility index (Phi) is 5.36. The molecule has 2 heterocycles. The number of rotatable bonds is 4. The molecular formula is C19H25N3O3. The number of benzene rings is 1. The third-order valence-electron chi connectivity index (χ3n) is 4.92. The molecular weight excluding hydrogens is 318 g/mol. The normalized spacial score (nSPS) is 20.7. The monoisotopic (exact) mass is 343 g/mol. The van der Waals surface area contributed by atoms with Crippen LogP contribution in [0.25, 0.3) is 0 Å². The van der Waals surface area contributed by atoms with Gasteiger partial charge in [0.25, 0.3) is 5.91 Å². The van der Waals surface area contributed by atoms with Crippen LogP contribution in [0.1, 0.15) is 43.0 Å². The number of carbonyl (C=O) groups is 3. The Balaban J connectivity index is 1.52. The van der Waals surface area contributed by atoms with Crippen molar-refractivity contribution in [1.29, 1.82) is 0 Å². The summed E-state index contributed by atoms with van der Waals surface area (Å²) in [6.07, 6.45) is 3.64. The van der Waals surface area contributed by atoms with Crippen molar-refractivity contribution >= 4 is 23.4 Å². The summed E-state index contributed by atoms with van der Waals surface area (Å²) in [4.78, 5) is 39.8. The number of nitrogens with one attached hydrogen (secondary N) is 1. The Labute approximate surface area is 148 Å². The lowest BCUT2D eigenvalue weighted by molar-refractivity contribution is -0.131. The van der Waals surface area contributed by atoms with E-state index in [0.29, 0.717) is 17.9 Å². The first-order valence-electron chi connectivity index (χ1n) is 9.01. The van der Waals surface area contributed by atoms with Crippen molar-refractivity contribution in [1.82, 2.24) is 10.2 Å². The van der Waals surface area contributed by atoms with E-state index in [-0.39, 0.29) is 24.3 Å². The third kappa shape index (κ3) is 4.18. The van der Waals surface area contributed by atoms with Gasteiger partial charge in [0.1, 0.15) is 0 Å². The van der Waals surface area contributed by atoms with Crippen LogP contribution in [0.5, 0.6) is 0 Å². The van der Waals surface area contributed by atoms with Gasteiger partial charge in [-0.2, -0.15) is 0 Å². The van der Waals surface area contributed by atoms with Crippen LogP contribution in [0.4, 0.5) is 5.69 Å². The third-order valence-corrected chi connectivity index (χ3v) is 4.92. The van der Waals surface area contributed by atoms with Crippen LogP contribution < -0.4 is 10.2 Å².